The van der Waals surface area contributed by atoms with E-state index in [9.17, 15) is 14.4 Å². The van der Waals surface area contributed by atoms with Gasteiger partial charge in [-0.25, -0.2) is 4.79 Å². The molecule has 2 amide bonds. The summed E-state index contributed by atoms with van der Waals surface area (Å²) < 4.78 is 5.26. The molecule has 2 heterocycles. The summed E-state index contributed by atoms with van der Waals surface area (Å²) in [5.74, 6) is 0.132. The molecule has 1 aromatic carbocycles. The molecule has 0 bridgehead atoms. The van der Waals surface area contributed by atoms with Gasteiger partial charge in [0.15, 0.2) is 5.75 Å². The van der Waals surface area contributed by atoms with Crippen LogP contribution in [0.15, 0.2) is 18.2 Å². The summed E-state index contributed by atoms with van der Waals surface area (Å²) >= 11 is 0. The molecule has 0 saturated carbocycles. The van der Waals surface area contributed by atoms with E-state index in [-0.39, 0.29) is 30.9 Å². The van der Waals surface area contributed by atoms with Gasteiger partial charge in [-0.15, -0.1) is 0 Å². The number of fused-ring (bicyclic) bond motifs is 1. The summed E-state index contributed by atoms with van der Waals surface area (Å²) in [6, 6.07) is 5.61. The molecule has 0 atom stereocenters. The van der Waals surface area contributed by atoms with Crippen molar-refractivity contribution in [1.82, 2.24) is 9.80 Å². The zero-order chi connectivity index (χ0) is 17.3. The maximum Gasteiger partial charge on any atom is 0.331 e. The first kappa shape index (κ1) is 16.3. The van der Waals surface area contributed by atoms with Gasteiger partial charge in [0.1, 0.15) is 6.54 Å². The summed E-state index contributed by atoms with van der Waals surface area (Å²) in [6.07, 6.45) is 0. The van der Waals surface area contributed by atoms with Gasteiger partial charge in [-0.2, -0.15) is 0 Å². The SMILES string of the molecule is CC(=O)N1CCN(C(=O)CN2CC(=O)Oc3cc(C)ccc32)CC1. The molecule has 3 rings (SSSR count). The van der Waals surface area contributed by atoms with Gasteiger partial charge in [-0.1, -0.05) is 6.07 Å². The number of ether oxygens (including phenoxy) is 1. The number of amides is 2. The minimum Gasteiger partial charge on any atom is -0.423 e. The highest BCUT2D eigenvalue weighted by Gasteiger charge is 2.28. The molecule has 1 fully saturated rings. The van der Waals surface area contributed by atoms with Crippen molar-refractivity contribution in [3.05, 3.63) is 23.8 Å². The second-order valence-corrected chi connectivity index (χ2v) is 6.19. The summed E-state index contributed by atoms with van der Waals surface area (Å²) in [4.78, 5) is 40.9. The number of anilines is 1. The first-order valence-corrected chi connectivity index (χ1v) is 8.03. The van der Waals surface area contributed by atoms with Crippen molar-refractivity contribution in [2.45, 2.75) is 13.8 Å². The molecule has 2 aliphatic heterocycles. The van der Waals surface area contributed by atoms with E-state index in [0.717, 1.165) is 11.3 Å². The van der Waals surface area contributed by atoms with Crippen LogP contribution in [0, 0.1) is 6.92 Å². The molecule has 0 N–H and O–H groups in total. The van der Waals surface area contributed by atoms with Crippen LogP contribution in [0.1, 0.15) is 12.5 Å². The van der Waals surface area contributed by atoms with Crippen molar-refractivity contribution in [2.75, 3.05) is 44.2 Å². The Bertz CT molecular complexity index is 680. The van der Waals surface area contributed by atoms with Crippen LogP contribution < -0.4 is 9.64 Å². The standard InChI is InChI=1S/C17H21N3O4/c1-12-3-4-14-15(9-12)24-17(23)11-20(14)10-16(22)19-7-5-18(6-8-19)13(2)21/h3-4,9H,5-8,10-11H2,1-2H3. The van der Waals surface area contributed by atoms with E-state index >= 15 is 0 Å². The fourth-order valence-electron chi connectivity index (χ4n) is 3.04. The Hall–Kier alpha value is -2.57. The molecule has 0 unspecified atom stereocenters. The Balaban J connectivity index is 1.67. The highest BCUT2D eigenvalue weighted by Crippen LogP contribution is 2.32. The van der Waals surface area contributed by atoms with E-state index in [1.807, 2.05) is 19.1 Å². The van der Waals surface area contributed by atoms with Crippen LogP contribution in [0.3, 0.4) is 0 Å². The van der Waals surface area contributed by atoms with Gasteiger partial charge >= 0.3 is 5.97 Å². The Labute approximate surface area is 140 Å². The lowest BCUT2D eigenvalue weighted by Crippen LogP contribution is -2.53. The average Bonchev–Trinajstić information content (AvgIpc) is 2.54. The zero-order valence-electron chi connectivity index (χ0n) is 13.9. The number of piperazine rings is 1. The van der Waals surface area contributed by atoms with E-state index in [0.29, 0.717) is 31.9 Å². The molecule has 1 aromatic rings. The summed E-state index contributed by atoms with van der Waals surface area (Å²) in [5, 5.41) is 0. The van der Waals surface area contributed by atoms with Gasteiger partial charge in [0.25, 0.3) is 0 Å². The maximum absolute atomic E-state index is 12.6. The number of hydrogen-bond acceptors (Lipinski definition) is 5. The number of carbonyl (C=O) groups is 3. The van der Waals surface area contributed by atoms with Gasteiger partial charge in [0, 0.05) is 33.1 Å². The average molecular weight is 331 g/mol. The maximum atomic E-state index is 12.6. The molecule has 0 radical (unpaired) electrons. The number of carbonyl (C=O) groups excluding carboxylic acids is 3. The van der Waals surface area contributed by atoms with Gasteiger partial charge in [0.2, 0.25) is 11.8 Å². The van der Waals surface area contributed by atoms with Crippen molar-refractivity contribution in [2.24, 2.45) is 0 Å². The molecule has 0 aliphatic carbocycles. The molecule has 1 saturated heterocycles. The molecule has 0 aromatic heterocycles. The third kappa shape index (κ3) is 3.34. The van der Waals surface area contributed by atoms with Crippen molar-refractivity contribution in [1.29, 1.82) is 0 Å². The molecule has 24 heavy (non-hydrogen) atoms. The van der Waals surface area contributed by atoms with Crippen LogP contribution in [-0.2, 0) is 14.4 Å². The van der Waals surface area contributed by atoms with Gasteiger partial charge < -0.3 is 19.4 Å². The number of nitrogens with zero attached hydrogens (tertiary/aromatic N) is 3. The number of aryl methyl sites for hydroxylation is 1. The zero-order valence-corrected chi connectivity index (χ0v) is 13.9. The lowest BCUT2D eigenvalue weighted by atomic mass is 10.1. The van der Waals surface area contributed by atoms with Crippen LogP contribution >= 0.6 is 0 Å². The highest BCUT2D eigenvalue weighted by molar-refractivity contribution is 5.89. The normalized spacial score (nSPS) is 17.4. The highest BCUT2D eigenvalue weighted by atomic mass is 16.5. The fraction of sp³-hybridized carbons (Fsp3) is 0.471. The van der Waals surface area contributed by atoms with Crippen LogP contribution in [0.4, 0.5) is 5.69 Å². The van der Waals surface area contributed by atoms with E-state index in [4.69, 9.17) is 4.74 Å². The summed E-state index contributed by atoms with van der Waals surface area (Å²) in [5.41, 5.74) is 1.76. The van der Waals surface area contributed by atoms with Crippen LogP contribution in [0.25, 0.3) is 0 Å². The Morgan fingerprint density at radius 3 is 2.46 bits per heavy atom. The minimum atomic E-state index is -0.359. The van der Waals surface area contributed by atoms with E-state index in [2.05, 4.69) is 0 Å². The predicted molar refractivity (Wildman–Crippen MR) is 87.9 cm³/mol. The molecule has 128 valence electrons. The lowest BCUT2D eigenvalue weighted by Gasteiger charge is -2.36. The largest absolute Gasteiger partial charge is 0.423 e. The van der Waals surface area contributed by atoms with Crippen molar-refractivity contribution in [3.63, 3.8) is 0 Å². The van der Waals surface area contributed by atoms with Gasteiger partial charge in [-0.05, 0) is 24.6 Å². The minimum absolute atomic E-state index is 0.0326. The molecular weight excluding hydrogens is 310 g/mol. The Morgan fingerprint density at radius 2 is 1.79 bits per heavy atom. The lowest BCUT2D eigenvalue weighted by molar-refractivity contribution is -0.138. The quantitative estimate of drug-likeness (QED) is 0.580. The fourth-order valence-corrected chi connectivity index (χ4v) is 3.04. The monoisotopic (exact) mass is 331 g/mol. The number of rotatable bonds is 2. The van der Waals surface area contributed by atoms with Crippen molar-refractivity contribution in [3.8, 4) is 5.75 Å². The van der Waals surface area contributed by atoms with Crippen LogP contribution in [0.5, 0.6) is 5.75 Å². The third-order valence-corrected chi connectivity index (χ3v) is 4.40. The number of benzene rings is 1. The Kier molecular flexibility index (Phi) is 4.42. The summed E-state index contributed by atoms with van der Waals surface area (Å²) in [7, 11) is 0. The molecule has 7 heteroatoms. The summed E-state index contributed by atoms with van der Waals surface area (Å²) in [6.45, 7) is 5.82. The van der Waals surface area contributed by atoms with Crippen LogP contribution in [0.2, 0.25) is 0 Å². The molecule has 7 nitrogen and oxygen atoms in total. The second kappa shape index (κ2) is 6.51. The van der Waals surface area contributed by atoms with Crippen LogP contribution in [-0.4, -0.2) is 66.9 Å². The number of esters is 1. The van der Waals surface area contributed by atoms with Gasteiger partial charge in [-0.3, -0.25) is 9.59 Å². The topological polar surface area (TPSA) is 70.2 Å². The van der Waals surface area contributed by atoms with Crippen molar-refractivity contribution < 1.29 is 19.1 Å². The first-order chi connectivity index (χ1) is 11.4. The molecule has 2 aliphatic rings. The van der Waals surface area contributed by atoms with E-state index in [1.165, 1.54) is 6.92 Å². The molecule has 0 spiro atoms. The Morgan fingerprint density at radius 1 is 1.12 bits per heavy atom. The van der Waals surface area contributed by atoms with Crippen molar-refractivity contribution >= 4 is 23.5 Å². The molecular formula is C17H21N3O4. The van der Waals surface area contributed by atoms with E-state index in [1.54, 1.807) is 20.8 Å². The third-order valence-electron chi connectivity index (χ3n) is 4.40. The second-order valence-electron chi connectivity index (χ2n) is 6.19. The smallest absolute Gasteiger partial charge is 0.331 e. The number of hydrogen-bond donors (Lipinski definition) is 0. The van der Waals surface area contributed by atoms with Gasteiger partial charge in [0.05, 0.1) is 12.2 Å². The predicted octanol–water partition coefficient (Wildman–Crippen LogP) is 0.411. The van der Waals surface area contributed by atoms with E-state index < -0.39 is 0 Å². The first-order valence-electron chi connectivity index (χ1n) is 8.03.